The molecule has 102 valence electrons. The molecule has 0 radical (unpaired) electrons. The van der Waals surface area contributed by atoms with Crippen molar-refractivity contribution in [3.63, 3.8) is 0 Å². The molecule has 2 heteroatoms. The molecule has 0 aliphatic carbocycles. The fraction of sp³-hybridized carbons (Fsp3) is 0.0526. The van der Waals surface area contributed by atoms with E-state index >= 15 is 0 Å². The van der Waals surface area contributed by atoms with E-state index in [1.165, 1.54) is 6.92 Å². The van der Waals surface area contributed by atoms with Gasteiger partial charge in [0.25, 0.3) is 0 Å². The maximum atomic E-state index is 12.8. The molecular weight excluding hydrogens is 260 g/mol. The molecule has 0 heterocycles. The smallest absolute Gasteiger partial charge is 0.194 e. The number of rotatable bonds is 3. The van der Waals surface area contributed by atoms with Crippen molar-refractivity contribution in [3.8, 4) is 0 Å². The van der Waals surface area contributed by atoms with E-state index in [1.807, 2.05) is 48.5 Å². The predicted octanol–water partition coefficient (Wildman–Crippen LogP) is 4.27. The summed E-state index contributed by atoms with van der Waals surface area (Å²) in [5.41, 5.74) is 1.56. The van der Waals surface area contributed by atoms with Crippen molar-refractivity contribution in [2.75, 3.05) is 0 Å². The first-order valence-electron chi connectivity index (χ1n) is 6.81. The first kappa shape index (κ1) is 13.3. The van der Waals surface area contributed by atoms with Gasteiger partial charge in [0.15, 0.2) is 11.6 Å². The van der Waals surface area contributed by atoms with E-state index in [9.17, 15) is 9.59 Å². The third kappa shape index (κ3) is 2.36. The largest absolute Gasteiger partial charge is 0.294 e. The summed E-state index contributed by atoms with van der Waals surface area (Å²) in [4.78, 5) is 24.7. The van der Waals surface area contributed by atoms with Gasteiger partial charge in [-0.3, -0.25) is 9.59 Å². The molecule has 0 spiro atoms. The van der Waals surface area contributed by atoms with Gasteiger partial charge in [-0.05, 0) is 17.7 Å². The second-order valence-electron chi connectivity index (χ2n) is 4.96. The maximum Gasteiger partial charge on any atom is 0.194 e. The molecule has 0 saturated heterocycles. The van der Waals surface area contributed by atoms with Crippen LogP contribution in [-0.4, -0.2) is 11.6 Å². The summed E-state index contributed by atoms with van der Waals surface area (Å²) in [6.45, 7) is 1.49. The minimum Gasteiger partial charge on any atom is -0.294 e. The number of fused-ring (bicyclic) bond motifs is 1. The van der Waals surface area contributed by atoms with Crippen LogP contribution in [0.15, 0.2) is 66.7 Å². The lowest BCUT2D eigenvalue weighted by Crippen LogP contribution is -2.09. The Balaban J connectivity index is 2.31. The van der Waals surface area contributed by atoms with Crippen LogP contribution in [0.1, 0.15) is 33.2 Å². The number of carbonyl (C=O) groups is 2. The van der Waals surface area contributed by atoms with Crippen LogP contribution in [-0.2, 0) is 0 Å². The summed E-state index contributed by atoms with van der Waals surface area (Å²) >= 11 is 0. The van der Waals surface area contributed by atoms with Gasteiger partial charge in [-0.25, -0.2) is 0 Å². The lowest BCUT2D eigenvalue weighted by molar-refractivity contribution is 0.0991. The standard InChI is InChI=1S/C19H14O2/c1-13(20)16-12-11-14-7-5-6-10-17(14)18(16)19(21)15-8-3-2-4-9-15/h2-12H,1H3. The molecule has 3 aromatic carbocycles. The topological polar surface area (TPSA) is 34.1 Å². The summed E-state index contributed by atoms with van der Waals surface area (Å²) in [6, 6.07) is 20.3. The molecule has 0 unspecified atom stereocenters. The normalized spacial score (nSPS) is 10.5. The Kier molecular flexibility index (Phi) is 3.36. The Morgan fingerprint density at radius 2 is 1.43 bits per heavy atom. The molecule has 0 atom stereocenters. The zero-order valence-electron chi connectivity index (χ0n) is 11.7. The molecule has 21 heavy (non-hydrogen) atoms. The highest BCUT2D eigenvalue weighted by Gasteiger charge is 2.19. The number of hydrogen-bond acceptors (Lipinski definition) is 2. The van der Waals surface area contributed by atoms with Gasteiger partial charge in [-0.1, -0.05) is 66.7 Å². The van der Waals surface area contributed by atoms with Crippen LogP contribution in [0.4, 0.5) is 0 Å². The van der Waals surface area contributed by atoms with E-state index in [0.29, 0.717) is 16.7 Å². The van der Waals surface area contributed by atoms with E-state index in [0.717, 1.165) is 10.8 Å². The molecule has 0 N–H and O–H groups in total. The number of hydrogen-bond donors (Lipinski definition) is 0. The Bertz CT molecular complexity index is 833. The first-order valence-corrected chi connectivity index (χ1v) is 6.81. The van der Waals surface area contributed by atoms with Crippen LogP contribution in [0.5, 0.6) is 0 Å². The molecule has 0 fully saturated rings. The Hall–Kier alpha value is -2.74. The maximum absolute atomic E-state index is 12.8. The van der Waals surface area contributed by atoms with Gasteiger partial charge in [-0.15, -0.1) is 0 Å². The number of carbonyl (C=O) groups excluding carboxylic acids is 2. The van der Waals surface area contributed by atoms with Crippen LogP contribution in [0.2, 0.25) is 0 Å². The minimum absolute atomic E-state index is 0.0972. The Morgan fingerprint density at radius 1 is 0.762 bits per heavy atom. The van der Waals surface area contributed by atoms with Crippen molar-refractivity contribution >= 4 is 22.3 Å². The van der Waals surface area contributed by atoms with E-state index in [1.54, 1.807) is 18.2 Å². The summed E-state index contributed by atoms with van der Waals surface area (Å²) in [5, 5.41) is 1.78. The monoisotopic (exact) mass is 274 g/mol. The molecule has 0 bridgehead atoms. The Morgan fingerprint density at radius 3 is 2.14 bits per heavy atom. The quantitative estimate of drug-likeness (QED) is 0.668. The van der Waals surface area contributed by atoms with Crippen LogP contribution in [0.3, 0.4) is 0 Å². The second-order valence-corrected chi connectivity index (χ2v) is 4.96. The van der Waals surface area contributed by atoms with E-state index in [2.05, 4.69) is 0 Å². The van der Waals surface area contributed by atoms with Gasteiger partial charge in [-0.2, -0.15) is 0 Å². The predicted molar refractivity (Wildman–Crippen MR) is 83.8 cm³/mol. The molecule has 3 aromatic rings. The van der Waals surface area contributed by atoms with Gasteiger partial charge in [0.1, 0.15) is 0 Å². The van der Waals surface area contributed by atoms with Crippen molar-refractivity contribution < 1.29 is 9.59 Å². The van der Waals surface area contributed by atoms with Crippen molar-refractivity contribution in [2.24, 2.45) is 0 Å². The molecule has 0 aliphatic rings. The van der Waals surface area contributed by atoms with Crippen molar-refractivity contribution in [1.82, 2.24) is 0 Å². The summed E-state index contributed by atoms with van der Waals surface area (Å²) in [6.07, 6.45) is 0. The lowest BCUT2D eigenvalue weighted by Gasteiger charge is -2.10. The third-order valence-corrected chi connectivity index (χ3v) is 3.57. The summed E-state index contributed by atoms with van der Waals surface area (Å²) in [5.74, 6) is -0.211. The highest BCUT2D eigenvalue weighted by molar-refractivity contribution is 6.21. The van der Waals surface area contributed by atoms with Crippen molar-refractivity contribution in [3.05, 3.63) is 83.4 Å². The molecular formula is C19H14O2. The van der Waals surface area contributed by atoms with Gasteiger partial charge >= 0.3 is 0 Å². The Labute approximate surface area is 123 Å². The van der Waals surface area contributed by atoms with Crippen LogP contribution in [0, 0.1) is 0 Å². The van der Waals surface area contributed by atoms with E-state index in [-0.39, 0.29) is 11.6 Å². The zero-order chi connectivity index (χ0) is 14.8. The van der Waals surface area contributed by atoms with Gasteiger partial charge < -0.3 is 0 Å². The molecule has 0 saturated carbocycles. The number of Topliss-reactive ketones (excluding diaryl/α,β-unsaturated/α-hetero) is 1. The van der Waals surface area contributed by atoms with E-state index in [4.69, 9.17) is 0 Å². The van der Waals surface area contributed by atoms with Crippen LogP contribution >= 0.6 is 0 Å². The molecule has 2 nitrogen and oxygen atoms in total. The zero-order valence-corrected chi connectivity index (χ0v) is 11.7. The van der Waals surface area contributed by atoms with E-state index < -0.39 is 0 Å². The molecule has 0 aliphatic heterocycles. The summed E-state index contributed by atoms with van der Waals surface area (Å²) < 4.78 is 0. The fourth-order valence-corrected chi connectivity index (χ4v) is 2.54. The highest BCUT2D eigenvalue weighted by atomic mass is 16.1. The average Bonchev–Trinajstić information content (AvgIpc) is 2.53. The SMILES string of the molecule is CC(=O)c1ccc2ccccc2c1C(=O)c1ccccc1. The van der Waals surface area contributed by atoms with Crippen molar-refractivity contribution in [1.29, 1.82) is 0 Å². The highest BCUT2D eigenvalue weighted by Crippen LogP contribution is 2.25. The fourth-order valence-electron chi connectivity index (χ4n) is 2.54. The van der Waals surface area contributed by atoms with Crippen LogP contribution < -0.4 is 0 Å². The van der Waals surface area contributed by atoms with Gasteiger partial charge in [0.05, 0.1) is 0 Å². The van der Waals surface area contributed by atoms with Crippen molar-refractivity contribution in [2.45, 2.75) is 6.92 Å². The molecule has 3 rings (SSSR count). The molecule has 0 amide bonds. The number of benzene rings is 3. The lowest BCUT2D eigenvalue weighted by atomic mass is 9.91. The molecule has 0 aromatic heterocycles. The second kappa shape index (κ2) is 5.33. The van der Waals surface area contributed by atoms with Gasteiger partial charge in [0.2, 0.25) is 0 Å². The minimum atomic E-state index is -0.113. The van der Waals surface area contributed by atoms with Crippen LogP contribution in [0.25, 0.3) is 10.8 Å². The number of ketones is 2. The summed E-state index contributed by atoms with van der Waals surface area (Å²) in [7, 11) is 0. The average molecular weight is 274 g/mol. The first-order chi connectivity index (χ1) is 10.2. The third-order valence-electron chi connectivity index (χ3n) is 3.57. The van der Waals surface area contributed by atoms with Gasteiger partial charge in [0, 0.05) is 16.7 Å².